The maximum atomic E-state index is 14.0. The Hall–Kier alpha value is -3.30. The number of carbonyl (C=O) groups is 1. The lowest BCUT2D eigenvalue weighted by molar-refractivity contribution is -0.197. The third-order valence-corrected chi connectivity index (χ3v) is 5.18. The Bertz CT molecular complexity index is 1010. The molecular formula is C20H21F3N6O. The van der Waals surface area contributed by atoms with Crippen LogP contribution in [-0.2, 0) is 4.79 Å². The number of carbonyl (C=O) groups excluding carboxylic acids is 1. The highest BCUT2D eigenvalue weighted by atomic mass is 19.4. The van der Waals surface area contributed by atoms with Crippen LogP contribution in [0.3, 0.4) is 0 Å². The van der Waals surface area contributed by atoms with Gasteiger partial charge in [0.15, 0.2) is 0 Å². The lowest BCUT2D eigenvalue weighted by Crippen LogP contribution is -2.61. The molecule has 0 radical (unpaired) electrons. The predicted octanol–water partition coefficient (Wildman–Crippen LogP) is 3.40. The highest BCUT2D eigenvalue weighted by Gasteiger charge is 2.51. The zero-order valence-corrected chi connectivity index (χ0v) is 16.0. The molecule has 2 atom stereocenters. The van der Waals surface area contributed by atoms with E-state index in [9.17, 15) is 18.0 Å². The Kier molecular flexibility index (Phi) is 5.47. The first-order valence-electron chi connectivity index (χ1n) is 9.63. The smallest absolute Gasteiger partial charge is 0.376 e. The Morgan fingerprint density at radius 3 is 2.77 bits per heavy atom. The number of amides is 1. The first-order valence-corrected chi connectivity index (χ1v) is 9.63. The highest BCUT2D eigenvalue weighted by Crippen LogP contribution is 2.34. The summed E-state index contributed by atoms with van der Waals surface area (Å²) in [4.78, 5) is 24.7. The molecule has 1 fully saturated rings. The zero-order chi connectivity index (χ0) is 21.1. The van der Waals surface area contributed by atoms with Gasteiger partial charge in [-0.25, -0.2) is 9.97 Å². The monoisotopic (exact) mass is 418 g/mol. The number of likely N-dealkylation sites (tertiary alicyclic amines) is 1. The molecule has 10 heteroatoms. The third kappa shape index (κ3) is 4.17. The summed E-state index contributed by atoms with van der Waals surface area (Å²) in [7, 11) is 0. The molecule has 30 heavy (non-hydrogen) atoms. The summed E-state index contributed by atoms with van der Waals surface area (Å²) in [6.45, 7) is -0.153. The van der Waals surface area contributed by atoms with Crippen LogP contribution in [0.2, 0.25) is 0 Å². The van der Waals surface area contributed by atoms with Gasteiger partial charge in [-0.2, -0.15) is 13.2 Å². The normalized spacial score (nSPS) is 19.6. The van der Waals surface area contributed by atoms with E-state index in [1.165, 1.54) is 6.33 Å². The van der Waals surface area contributed by atoms with Crippen LogP contribution >= 0.6 is 0 Å². The molecular weight excluding hydrogens is 397 g/mol. The SMILES string of the molecule is O=C(CNc1ccccc1)N1CCCC(Nc2ncnc3[nH]ccc23)C1C(F)(F)F. The molecule has 7 nitrogen and oxygen atoms in total. The fraction of sp³-hybridized carbons (Fsp3) is 0.350. The molecule has 2 unspecified atom stereocenters. The Morgan fingerprint density at radius 1 is 1.20 bits per heavy atom. The molecule has 1 aliphatic heterocycles. The maximum Gasteiger partial charge on any atom is 0.410 e. The summed E-state index contributed by atoms with van der Waals surface area (Å²) in [5, 5.41) is 6.42. The van der Waals surface area contributed by atoms with Crippen molar-refractivity contribution in [3.63, 3.8) is 0 Å². The molecule has 1 saturated heterocycles. The van der Waals surface area contributed by atoms with Gasteiger partial charge in [0.1, 0.15) is 23.8 Å². The van der Waals surface area contributed by atoms with Crippen molar-refractivity contribution < 1.29 is 18.0 Å². The second-order valence-corrected chi connectivity index (χ2v) is 7.15. The minimum absolute atomic E-state index is 0.0565. The minimum Gasteiger partial charge on any atom is -0.376 e. The Labute approximate surface area is 170 Å². The summed E-state index contributed by atoms with van der Waals surface area (Å²) in [6.07, 6.45) is -0.902. The number of hydrogen-bond acceptors (Lipinski definition) is 5. The second kappa shape index (κ2) is 8.21. The Morgan fingerprint density at radius 2 is 2.00 bits per heavy atom. The Balaban J connectivity index is 1.54. The molecule has 0 spiro atoms. The van der Waals surface area contributed by atoms with Crippen molar-refractivity contribution >= 4 is 28.4 Å². The van der Waals surface area contributed by atoms with Crippen LogP contribution in [0.4, 0.5) is 24.7 Å². The maximum absolute atomic E-state index is 14.0. The van der Waals surface area contributed by atoms with Gasteiger partial charge < -0.3 is 20.5 Å². The molecule has 1 aromatic carbocycles. The number of halogens is 3. The van der Waals surface area contributed by atoms with Crippen molar-refractivity contribution in [2.24, 2.45) is 0 Å². The van der Waals surface area contributed by atoms with E-state index in [-0.39, 0.29) is 19.5 Å². The first kappa shape index (κ1) is 20.0. The van der Waals surface area contributed by atoms with E-state index in [4.69, 9.17) is 0 Å². The zero-order valence-electron chi connectivity index (χ0n) is 16.0. The summed E-state index contributed by atoms with van der Waals surface area (Å²) in [6, 6.07) is 7.66. The fourth-order valence-electron chi connectivity index (χ4n) is 3.83. The van der Waals surface area contributed by atoms with E-state index >= 15 is 0 Å². The summed E-state index contributed by atoms with van der Waals surface area (Å²) >= 11 is 0. The number of benzene rings is 1. The van der Waals surface area contributed by atoms with E-state index in [2.05, 4.69) is 25.6 Å². The van der Waals surface area contributed by atoms with Crippen molar-refractivity contribution in [2.45, 2.75) is 31.1 Å². The number of H-pyrrole nitrogens is 1. The molecule has 0 aliphatic carbocycles. The van der Waals surface area contributed by atoms with E-state index < -0.39 is 24.2 Å². The molecule has 1 amide bonds. The molecule has 0 bridgehead atoms. The number of nitrogens with one attached hydrogen (secondary N) is 3. The van der Waals surface area contributed by atoms with Gasteiger partial charge in [-0.1, -0.05) is 18.2 Å². The number of nitrogens with zero attached hydrogens (tertiary/aromatic N) is 3. The number of aromatic nitrogens is 3. The van der Waals surface area contributed by atoms with Gasteiger partial charge in [-0.3, -0.25) is 4.79 Å². The average molecular weight is 418 g/mol. The molecule has 3 heterocycles. The van der Waals surface area contributed by atoms with Crippen molar-refractivity contribution in [1.82, 2.24) is 19.9 Å². The molecule has 2 aromatic heterocycles. The van der Waals surface area contributed by atoms with E-state index in [1.807, 2.05) is 6.07 Å². The van der Waals surface area contributed by atoms with Crippen molar-refractivity contribution in [3.05, 3.63) is 48.9 Å². The first-order chi connectivity index (χ1) is 14.4. The van der Waals surface area contributed by atoms with Gasteiger partial charge in [0.2, 0.25) is 5.91 Å². The van der Waals surface area contributed by atoms with E-state index in [0.29, 0.717) is 29.0 Å². The van der Waals surface area contributed by atoms with Crippen LogP contribution in [0, 0.1) is 0 Å². The van der Waals surface area contributed by atoms with Crippen LogP contribution in [-0.4, -0.2) is 57.1 Å². The van der Waals surface area contributed by atoms with E-state index in [0.717, 1.165) is 4.90 Å². The molecule has 3 N–H and O–H groups in total. The van der Waals surface area contributed by atoms with Crippen LogP contribution < -0.4 is 10.6 Å². The van der Waals surface area contributed by atoms with Gasteiger partial charge >= 0.3 is 6.18 Å². The number of para-hydroxylation sites is 1. The lowest BCUT2D eigenvalue weighted by atomic mass is 9.95. The molecule has 158 valence electrons. The number of aromatic amines is 1. The van der Waals surface area contributed by atoms with Gasteiger partial charge in [-0.05, 0) is 31.0 Å². The van der Waals surface area contributed by atoms with Crippen molar-refractivity contribution in [3.8, 4) is 0 Å². The van der Waals surface area contributed by atoms with Crippen LogP contribution in [0.1, 0.15) is 12.8 Å². The topological polar surface area (TPSA) is 85.9 Å². The van der Waals surface area contributed by atoms with Crippen molar-refractivity contribution in [2.75, 3.05) is 23.7 Å². The summed E-state index contributed by atoms with van der Waals surface area (Å²) < 4.78 is 42.1. The predicted molar refractivity (Wildman–Crippen MR) is 107 cm³/mol. The van der Waals surface area contributed by atoms with Crippen LogP contribution in [0.25, 0.3) is 11.0 Å². The van der Waals surface area contributed by atoms with E-state index in [1.54, 1.807) is 36.5 Å². The number of piperidine rings is 1. The second-order valence-electron chi connectivity index (χ2n) is 7.15. The number of anilines is 2. The molecule has 3 aromatic rings. The largest absolute Gasteiger partial charge is 0.410 e. The quantitative estimate of drug-likeness (QED) is 0.591. The number of alkyl halides is 3. The highest BCUT2D eigenvalue weighted by molar-refractivity contribution is 5.87. The molecule has 4 rings (SSSR count). The van der Waals surface area contributed by atoms with Gasteiger partial charge in [-0.15, -0.1) is 0 Å². The number of hydrogen-bond donors (Lipinski definition) is 3. The average Bonchev–Trinajstić information content (AvgIpc) is 3.22. The molecule has 0 saturated carbocycles. The summed E-state index contributed by atoms with van der Waals surface area (Å²) in [5.41, 5.74) is 1.21. The van der Waals surface area contributed by atoms with Crippen molar-refractivity contribution in [1.29, 1.82) is 0 Å². The number of rotatable bonds is 5. The molecule has 1 aliphatic rings. The number of fused-ring (bicyclic) bond motifs is 1. The standard InChI is InChI=1S/C20H21F3N6O/c21-20(22,23)17-15(28-19-14-8-9-24-18(14)26-12-27-19)7-4-10-29(17)16(30)11-25-13-5-2-1-3-6-13/h1-3,5-6,8-9,12,15,17,25H,4,7,10-11H2,(H2,24,26,27,28). The van der Waals surface area contributed by atoms with Gasteiger partial charge in [0.25, 0.3) is 0 Å². The fourth-order valence-corrected chi connectivity index (χ4v) is 3.83. The van der Waals surface area contributed by atoms with Gasteiger partial charge in [0, 0.05) is 18.4 Å². The lowest BCUT2D eigenvalue weighted by Gasteiger charge is -2.42. The van der Waals surface area contributed by atoms with Crippen LogP contribution in [0.5, 0.6) is 0 Å². The van der Waals surface area contributed by atoms with Gasteiger partial charge in [0.05, 0.1) is 18.0 Å². The van der Waals surface area contributed by atoms with Crippen LogP contribution in [0.15, 0.2) is 48.9 Å². The minimum atomic E-state index is -4.58. The third-order valence-electron chi connectivity index (χ3n) is 5.18. The summed E-state index contributed by atoms with van der Waals surface area (Å²) in [5.74, 6) is -0.278.